The largest absolute Gasteiger partial charge is 0.367 e. The summed E-state index contributed by atoms with van der Waals surface area (Å²) >= 11 is 0. The molecule has 2 aromatic rings. The fourth-order valence-corrected chi connectivity index (χ4v) is 4.05. The van der Waals surface area contributed by atoms with Crippen LogP contribution in [-0.2, 0) is 14.8 Å². The topological polar surface area (TPSA) is 73.0 Å². The predicted molar refractivity (Wildman–Crippen MR) is 122 cm³/mol. The van der Waals surface area contributed by atoms with Crippen molar-refractivity contribution in [1.29, 1.82) is 0 Å². The zero-order valence-corrected chi connectivity index (χ0v) is 18.2. The lowest BCUT2D eigenvalue weighted by atomic mass is 10.2. The van der Waals surface area contributed by atoms with Crippen LogP contribution in [0, 0.1) is 0 Å². The second-order valence-electron chi connectivity index (χ2n) is 7.37. The number of anilines is 2. The monoisotopic (exact) mass is 428 g/mol. The summed E-state index contributed by atoms with van der Waals surface area (Å²) in [5, 5.41) is 3.99. The highest BCUT2D eigenvalue weighted by atomic mass is 32.2. The Morgan fingerprint density at radius 1 is 1.03 bits per heavy atom. The van der Waals surface area contributed by atoms with Gasteiger partial charge in [-0.15, -0.1) is 0 Å². The number of hydrogen-bond acceptors (Lipinski definition) is 5. The van der Waals surface area contributed by atoms with Gasteiger partial charge >= 0.3 is 0 Å². The van der Waals surface area contributed by atoms with E-state index in [9.17, 15) is 13.2 Å². The number of nitrogens with zero attached hydrogens (tertiary/aromatic N) is 3. The van der Waals surface area contributed by atoms with Crippen LogP contribution in [-0.4, -0.2) is 70.3 Å². The molecule has 30 heavy (non-hydrogen) atoms. The molecule has 0 atom stereocenters. The second-order valence-corrected chi connectivity index (χ2v) is 9.30. The second kappa shape index (κ2) is 9.88. The molecule has 1 N–H and O–H groups in total. The molecule has 0 aromatic heterocycles. The van der Waals surface area contributed by atoms with Crippen molar-refractivity contribution < 1.29 is 13.2 Å². The van der Waals surface area contributed by atoms with Crippen molar-refractivity contribution in [3.05, 3.63) is 65.6 Å². The fourth-order valence-electron chi connectivity index (χ4n) is 3.22. The predicted octanol–water partition coefficient (Wildman–Crippen LogP) is 2.31. The number of hydrogen-bond donors (Lipinski definition) is 1. The Morgan fingerprint density at radius 2 is 1.67 bits per heavy atom. The molecule has 0 saturated carbocycles. The number of sulfonamides is 1. The van der Waals surface area contributed by atoms with Crippen LogP contribution >= 0.6 is 0 Å². The Balaban J connectivity index is 1.63. The molecule has 0 bridgehead atoms. The van der Waals surface area contributed by atoms with Crippen molar-refractivity contribution in [3.63, 3.8) is 0 Å². The minimum absolute atomic E-state index is 0.265. The van der Waals surface area contributed by atoms with E-state index in [4.69, 9.17) is 0 Å². The van der Waals surface area contributed by atoms with Crippen LogP contribution in [0.2, 0.25) is 0 Å². The van der Waals surface area contributed by atoms with E-state index in [1.54, 1.807) is 0 Å². The third-order valence-electron chi connectivity index (χ3n) is 5.05. The van der Waals surface area contributed by atoms with Gasteiger partial charge in [-0.05, 0) is 30.8 Å². The van der Waals surface area contributed by atoms with Crippen LogP contribution in [0.3, 0.4) is 0 Å². The third-order valence-corrected chi connectivity index (χ3v) is 6.53. The van der Waals surface area contributed by atoms with Crippen molar-refractivity contribution >= 4 is 33.4 Å². The van der Waals surface area contributed by atoms with Crippen LogP contribution in [0.25, 0.3) is 6.08 Å². The van der Waals surface area contributed by atoms with Crippen LogP contribution < -0.4 is 10.2 Å². The molecule has 0 spiro atoms. The number of nitrogens with one attached hydrogen (secondary N) is 1. The average Bonchev–Trinajstić information content (AvgIpc) is 2.74. The summed E-state index contributed by atoms with van der Waals surface area (Å²) in [6.07, 6.45) is 1.52. The third kappa shape index (κ3) is 5.91. The van der Waals surface area contributed by atoms with Gasteiger partial charge in [0.1, 0.15) is 0 Å². The lowest BCUT2D eigenvalue weighted by Crippen LogP contribution is -2.44. The molecule has 1 saturated heterocycles. The Kier molecular flexibility index (Phi) is 7.25. The fraction of sp³-hybridized carbons (Fsp3) is 0.318. The minimum Gasteiger partial charge on any atom is -0.367 e. The molecule has 3 rings (SSSR count). The molecule has 1 aliphatic heterocycles. The summed E-state index contributed by atoms with van der Waals surface area (Å²) in [6, 6.07) is 16.8. The van der Waals surface area contributed by atoms with E-state index in [0.29, 0.717) is 5.69 Å². The van der Waals surface area contributed by atoms with E-state index in [-0.39, 0.29) is 12.5 Å². The Bertz CT molecular complexity index is 984. The molecule has 7 nitrogen and oxygen atoms in total. The highest BCUT2D eigenvalue weighted by Gasteiger charge is 2.20. The smallest absolute Gasteiger partial charge is 0.239 e. The highest BCUT2D eigenvalue weighted by Crippen LogP contribution is 2.26. The maximum Gasteiger partial charge on any atom is 0.239 e. The molecule has 0 radical (unpaired) electrons. The highest BCUT2D eigenvalue weighted by molar-refractivity contribution is 7.92. The van der Waals surface area contributed by atoms with Gasteiger partial charge in [-0.2, -0.15) is 4.31 Å². The first kappa shape index (κ1) is 22.0. The quantitative estimate of drug-likeness (QED) is 0.733. The lowest BCUT2D eigenvalue weighted by molar-refractivity contribution is -0.116. The van der Waals surface area contributed by atoms with Crippen LogP contribution in [0.1, 0.15) is 5.56 Å². The molecule has 0 aliphatic carbocycles. The first-order valence-corrected chi connectivity index (χ1v) is 11.4. The van der Waals surface area contributed by atoms with Gasteiger partial charge in [0.25, 0.3) is 0 Å². The zero-order chi connectivity index (χ0) is 21.6. The number of benzene rings is 2. The zero-order valence-electron chi connectivity index (χ0n) is 17.4. The number of amides is 1. The lowest BCUT2D eigenvalue weighted by Gasteiger charge is -2.35. The maximum absolute atomic E-state index is 12.6. The van der Waals surface area contributed by atoms with E-state index >= 15 is 0 Å². The maximum atomic E-state index is 12.6. The molecule has 8 heteroatoms. The first-order valence-electron chi connectivity index (χ1n) is 9.87. The van der Waals surface area contributed by atoms with Gasteiger partial charge < -0.3 is 15.1 Å². The summed E-state index contributed by atoms with van der Waals surface area (Å²) in [7, 11) is -0.216. The molecule has 1 aliphatic rings. The van der Waals surface area contributed by atoms with Crippen LogP contribution in [0.5, 0.6) is 0 Å². The number of carbonyl (C=O) groups is 1. The Hall–Kier alpha value is -2.68. The summed E-state index contributed by atoms with van der Waals surface area (Å²) < 4.78 is 26.0. The molecule has 1 fully saturated rings. The van der Waals surface area contributed by atoms with Crippen molar-refractivity contribution in [2.45, 2.75) is 0 Å². The molecular weight excluding hydrogens is 400 g/mol. The summed E-state index contributed by atoms with van der Waals surface area (Å²) in [4.78, 5) is 17.1. The SMILES string of the molecule is CN1CCN(c2ccccc2NC(=O)CN(C)S(=O)(=O)C=Cc2ccccc2)CC1. The Morgan fingerprint density at radius 3 is 2.37 bits per heavy atom. The van der Waals surface area contributed by atoms with Crippen molar-refractivity contribution in [3.8, 4) is 0 Å². The number of rotatable bonds is 7. The number of para-hydroxylation sites is 2. The molecule has 2 aromatic carbocycles. The molecule has 1 heterocycles. The summed E-state index contributed by atoms with van der Waals surface area (Å²) in [6.45, 7) is 3.40. The normalized spacial score (nSPS) is 15.6. The van der Waals surface area contributed by atoms with E-state index in [1.807, 2.05) is 54.6 Å². The van der Waals surface area contributed by atoms with Gasteiger partial charge in [0, 0.05) is 38.6 Å². The van der Waals surface area contributed by atoms with Gasteiger partial charge in [-0.3, -0.25) is 4.79 Å². The van der Waals surface area contributed by atoms with Crippen molar-refractivity contribution in [2.24, 2.45) is 0 Å². The standard InChI is InChI=1S/C22H28N4O3S/c1-24-13-15-26(16-14-24)21-11-7-6-10-20(21)23-22(27)18-25(2)30(28,29)17-12-19-8-4-3-5-9-19/h3-12,17H,13-16,18H2,1-2H3,(H,23,27). The molecule has 0 unspecified atom stereocenters. The van der Waals surface area contributed by atoms with Crippen molar-refractivity contribution in [1.82, 2.24) is 9.21 Å². The summed E-state index contributed by atoms with van der Waals surface area (Å²) in [5.41, 5.74) is 2.42. The first-order chi connectivity index (χ1) is 14.3. The van der Waals surface area contributed by atoms with E-state index in [2.05, 4.69) is 22.2 Å². The number of likely N-dealkylation sites (N-methyl/N-ethyl adjacent to an activating group) is 2. The van der Waals surface area contributed by atoms with E-state index in [1.165, 1.54) is 13.1 Å². The molecular formula is C22H28N4O3S. The van der Waals surface area contributed by atoms with Gasteiger partial charge in [0.2, 0.25) is 15.9 Å². The van der Waals surface area contributed by atoms with Crippen LogP contribution in [0.4, 0.5) is 11.4 Å². The van der Waals surface area contributed by atoms with Crippen molar-refractivity contribution in [2.75, 3.05) is 57.0 Å². The minimum atomic E-state index is -3.71. The van der Waals surface area contributed by atoms with Crippen LogP contribution in [0.15, 0.2) is 60.0 Å². The molecule has 160 valence electrons. The molecule has 1 amide bonds. The number of piperazine rings is 1. The van der Waals surface area contributed by atoms with E-state index in [0.717, 1.165) is 47.1 Å². The van der Waals surface area contributed by atoms with Gasteiger partial charge in [-0.1, -0.05) is 42.5 Å². The number of carbonyl (C=O) groups excluding carboxylic acids is 1. The van der Waals surface area contributed by atoms with Gasteiger partial charge in [-0.25, -0.2) is 8.42 Å². The van der Waals surface area contributed by atoms with E-state index < -0.39 is 10.0 Å². The summed E-state index contributed by atoms with van der Waals surface area (Å²) in [5.74, 6) is -0.379. The average molecular weight is 429 g/mol. The van der Waals surface area contributed by atoms with Gasteiger partial charge in [0.05, 0.1) is 17.9 Å². The Labute approximate surface area is 178 Å². The van der Waals surface area contributed by atoms with Gasteiger partial charge in [0.15, 0.2) is 0 Å².